The number of hydrogen-bond acceptors (Lipinski definition) is 4. The normalized spacial score (nSPS) is 20.5. The lowest BCUT2D eigenvalue weighted by molar-refractivity contribution is -0.106. The Kier molecular flexibility index (Phi) is 2.38. The molecule has 0 aliphatic heterocycles. The zero-order valence-corrected chi connectivity index (χ0v) is 8.57. The lowest BCUT2D eigenvalue weighted by Crippen LogP contribution is -2.39. The maximum atomic E-state index is 12.5. The highest BCUT2D eigenvalue weighted by Gasteiger charge is 2.44. The molecular weight excluding hydrogens is 208 g/mol. The van der Waals surface area contributed by atoms with Crippen LogP contribution in [0.5, 0.6) is 0 Å². The van der Waals surface area contributed by atoms with Crippen LogP contribution in [0.1, 0.15) is 18.7 Å². The van der Waals surface area contributed by atoms with E-state index in [1.165, 1.54) is 11.5 Å². The van der Waals surface area contributed by atoms with Gasteiger partial charge in [0.2, 0.25) is 11.1 Å². The topological polar surface area (TPSA) is 37.8 Å². The van der Waals surface area contributed by atoms with Gasteiger partial charge in [0.25, 0.3) is 0 Å². The lowest BCUT2D eigenvalue weighted by Gasteiger charge is -2.34. The zero-order chi connectivity index (χ0) is 10.2. The van der Waals surface area contributed by atoms with Gasteiger partial charge in [0.05, 0.1) is 0 Å². The quantitative estimate of drug-likeness (QED) is 0.847. The summed E-state index contributed by atoms with van der Waals surface area (Å²) in [6, 6.07) is 0. The molecule has 1 aliphatic rings. The molecule has 2 rings (SSSR count). The second kappa shape index (κ2) is 3.42. The van der Waals surface area contributed by atoms with E-state index in [9.17, 15) is 8.78 Å². The first kappa shape index (κ1) is 9.76. The van der Waals surface area contributed by atoms with Gasteiger partial charge in [0.15, 0.2) is 0 Å². The van der Waals surface area contributed by atoms with Crippen LogP contribution >= 0.6 is 11.5 Å². The summed E-state index contributed by atoms with van der Waals surface area (Å²) in [4.78, 5) is 4.09. The molecule has 0 spiro atoms. The van der Waals surface area contributed by atoms with Crippen LogP contribution in [0, 0.1) is 12.8 Å². The number of nitrogens with one attached hydrogen (secondary N) is 1. The van der Waals surface area contributed by atoms with Crippen molar-refractivity contribution in [3.8, 4) is 0 Å². The molecule has 0 aromatic carbocycles. The van der Waals surface area contributed by atoms with Gasteiger partial charge in [-0.3, -0.25) is 0 Å². The summed E-state index contributed by atoms with van der Waals surface area (Å²) in [6.45, 7) is 2.38. The van der Waals surface area contributed by atoms with E-state index < -0.39 is 5.92 Å². The molecule has 6 heteroatoms. The van der Waals surface area contributed by atoms with E-state index >= 15 is 0 Å². The molecule has 0 saturated heterocycles. The predicted octanol–water partition coefficient (Wildman–Crippen LogP) is 2.30. The second-order valence-electron chi connectivity index (χ2n) is 3.66. The maximum absolute atomic E-state index is 12.5. The highest BCUT2D eigenvalue weighted by Crippen LogP contribution is 2.42. The van der Waals surface area contributed by atoms with E-state index in [2.05, 4.69) is 14.7 Å². The highest BCUT2D eigenvalue weighted by molar-refractivity contribution is 7.09. The van der Waals surface area contributed by atoms with Crippen LogP contribution in [0.3, 0.4) is 0 Å². The summed E-state index contributed by atoms with van der Waals surface area (Å²) in [6.07, 6.45) is -0.00439. The molecule has 0 bridgehead atoms. The van der Waals surface area contributed by atoms with E-state index in [4.69, 9.17) is 0 Å². The fourth-order valence-corrected chi connectivity index (χ4v) is 2.11. The van der Waals surface area contributed by atoms with Crippen molar-refractivity contribution in [2.75, 3.05) is 11.9 Å². The minimum Gasteiger partial charge on any atom is -0.360 e. The molecule has 14 heavy (non-hydrogen) atoms. The van der Waals surface area contributed by atoms with Crippen LogP contribution < -0.4 is 5.32 Å². The molecule has 78 valence electrons. The second-order valence-corrected chi connectivity index (χ2v) is 4.41. The Balaban J connectivity index is 1.74. The van der Waals surface area contributed by atoms with Gasteiger partial charge in [-0.25, -0.2) is 13.8 Å². The van der Waals surface area contributed by atoms with E-state index in [-0.39, 0.29) is 18.8 Å². The van der Waals surface area contributed by atoms with Gasteiger partial charge in [-0.05, 0) is 12.8 Å². The van der Waals surface area contributed by atoms with Crippen molar-refractivity contribution in [2.45, 2.75) is 25.7 Å². The van der Waals surface area contributed by atoms with E-state index in [1.807, 2.05) is 0 Å². The van der Waals surface area contributed by atoms with Crippen LogP contribution in [-0.4, -0.2) is 21.8 Å². The molecule has 1 saturated carbocycles. The van der Waals surface area contributed by atoms with Gasteiger partial charge < -0.3 is 5.32 Å². The standard InChI is InChI=1S/C8H11F2N3S/c1-5-12-7(14-13-5)11-4-6-2-8(9,10)3-6/h6H,2-4H2,1H3,(H,11,12,13). The van der Waals surface area contributed by atoms with E-state index in [0.717, 1.165) is 11.0 Å². The van der Waals surface area contributed by atoms with Crippen molar-refractivity contribution in [3.05, 3.63) is 5.82 Å². The minimum atomic E-state index is -2.43. The molecular formula is C8H11F2N3S. The number of alkyl halides is 2. The van der Waals surface area contributed by atoms with Crippen molar-refractivity contribution in [1.82, 2.24) is 9.36 Å². The number of halogens is 2. The maximum Gasteiger partial charge on any atom is 0.248 e. The molecule has 0 radical (unpaired) electrons. The summed E-state index contributed by atoms with van der Waals surface area (Å²) in [5, 5.41) is 3.74. The first-order chi connectivity index (χ1) is 6.55. The summed E-state index contributed by atoms with van der Waals surface area (Å²) in [5.74, 6) is -1.63. The first-order valence-electron chi connectivity index (χ1n) is 4.47. The molecule has 3 nitrogen and oxygen atoms in total. The van der Waals surface area contributed by atoms with Gasteiger partial charge in [-0.15, -0.1) is 0 Å². The Morgan fingerprint density at radius 2 is 2.29 bits per heavy atom. The smallest absolute Gasteiger partial charge is 0.248 e. The Bertz CT molecular complexity index is 318. The average Bonchev–Trinajstić information content (AvgIpc) is 2.44. The number of hydrogen-bond donors (Lipinski definition) is 1. The number of nitrogens with zero attached hydrogens (tertiary/aromatic N) is 2. The van der Waals surface area contributed by atoms with Crippen LogP contribution in [0.15, 0.2) is 0 Å². The Hall–Kier alpha value is -0.780. The molecule has 1 aromatic rings. The molecule has 1 aromatic heterocycles. The fourth-order valence-electron chi connectivity index (χ4n) is 1.53. The monoisotopic (exact) mass is 219 g/mol. The van der Waals surface area contributed by atoms with Gasteiger partial charge in [-0.2, -0.15) is 4.37 Å². The molecule has 0 amide bonds. The van der Waals surface area contributed by atoms with Crippen molar-refractivity contribution < 1.29 is 8.78 Å². The third kappa shape index (κ3) is 2.17. The van der Waals surface area contributed by atoms with Crippen molar-refractivity contribution in [1.29, 1.82) is 0 Å². The van der Waals surface area contributed by atoms with Crippen molar-refractivity contribution >= 4 is 16.7 Å². The van der Waals surface area contributed by atoms with Crippen LogP contribution in [0.2, 0.25) is 0 Å². The van der Waals surface area contributed by atoms with Crippen molar-refractivity contribution in [2.24, 2.45) is 5.92 Å². The number of aromatic nitrogens is 2. The summed E-state index contributed by atoms with van der Waals surface area (Å²) < 4.78 is 28.9. The van der Waals surface area contributed by atoms with Gasteiger partial charge in [-0.1, -0.05) is 0 Å². The van der Waals surface area contributed by atoms with E-state index in [1.54, 1.807) is 6.92 Å². The number of rotatable bonds is 3. The molecule has 1 fully saturated rings. The minimum absolute atomic E-state index is 0.00220. The zero-order valence-electron chi connectivity index (χ0n) is 7.76. The summed E-state index contributed by atoms with van der Waals surface area (Å²) >= 11 is 1.27. The van der Waals surface area contributed by atoms with E-state index in [0.29, 0.717) is 6.54 Å². The lowest BCUT2D eigenvalue weighted by atomic mass is 9.81. The Morgan fingerprint density at radius 3 is 2.79 bits per heavy atom. The number of aryl methyl sites for hydroxylation is 1. The SMILES string of the molecule is Cc1nsc(NCC2CC(F)(F)C2)n1. The largest absolute Gasteiger partial charge is 0.360 e. The molecule has 1 aliphatic carbocycles. The fraction of sp³-hybridized carbons (Fsp3) is 0.750. The molecule has 0 unspecified atom stereocenters. The average molecular weight is 219 g/mol. The molecule has 1 N–H and O–H groups in total. The summed E-state index contributed by atoms with van der Waals surface area (Å²) in [5.41, 5.74) is 0. The van der Waals surface area contributed by atoms with Crippen LogP contribution in [-0.2, 0) is 0 Å². The molecule has 1 heterocycles. The predicted molar refractivity (Wildman–Crippen MR) is 50.8 cm³/mol. The van der Waals surface area contributed by atoms with Crippen LogP contribution in [0.4, 0.5) is 13.9 Å². The molecule has 0 atom stereocenters. The van der Waals surface area contributed by atoms with Gasteiger partial charge >= 0.3 is 0 Å². The third-order valence-corrected chi connectivity index (χ3v) is 3.01. The van der Waals surface area contributed by atoms with Gasteiger partial charge in [0, 0.05) is 30.9 Å². The Labute approximate surface area is 84.7 Å². The summed E-state index contributed by atoms with van der Waals surface area (Å²) in [7, 11) is 0. The first-order valence-corrected chi connectivity index (χ1v) is 5.24. The van der Waals surface area contributed by atoms with Crippen LogP contribution in [0.25, 0.3) is 0 Å². The number of anilines is 1. The highest BCUT2D eigenvalue weighted by atomic mass is 32.1. The van der Waals surface area contributed by atoms with Gasteiger partial charge in [0.1, 0.15) is 5.82 Å². The Morgan fingerprint density at radius 1 is 1.57 bits per heavy atom. The van der Waals surface area contributed by atoms with Crippen molar-refractivity contribution in [3.63, 3.8) is 0 Å². The third-order valence-electron chi connectivity index (χ3n) is 2.24.